The fourth-order valence-corrected chi connectivity index (χ4v) is 6.17. The minimum atomic E-state index is -2.52. The molecule has 104 valence electrons. The van der Waals surface area contributed by atoms with E-state index in [2.05, 4.69) is 52.6 Å². The molecule has 6 heteroatoms. The van der Waals surface area contributed by atoms with Crippen LogP contribution in [0, 0.1) is 0 Å². The largest absolute Gasteiger partial charge is 0.502 e. The van der Waals surface area contributed by atoms with E-state index in [9.17, 15) is 0 Å². The molecule has 0 aliphatic rings. The van der Waals surface area contributed by atoms with Gasteiger partial charge in [-0.25, -0.2) is 0 Å². The summed E-state index contributed by atoms with van der Waals surface area (Å²) in [7, 11) is -2.52. The lowest BCUT2D eigenvalue weighted by Gasteiger charge is -2.30. The summed E-state index contributed by atoms with van der Waals surface area (Å²) in [5.41, 5.74) is 0. The lowest BCUT2D eigenvalue weighted by Crippen LogP contribution is -2.47. The third kappa shape index (κ3) is 8.72. The zero-order valence-electron chi connectivity index (χ0n) is 11.0. The summed E-state index contributed by atoms with van der Waals surface area (Å²) in [5, 5.41) is 0. The molecule has 0 aliphatic heterocycles. The zero-order chi connectivity index (χ0) is 13.1. The second kappa shape index (κ2) is 10.9. The number of rotatable bonds is 11. The maximum absolute atomic E-state index is 5.93. The van der Waals surface area contributed by atoms with Crippen molar-refractivity contribution in [2.75, 3.05) is 19.8 Å². The maximum atomic E-state index is 5.93. The molecule has 0 N–H and O–H groups in total. The van der Waals surface area contributed by atoms with Gasteiger partial charge in [0.25, 0.3) is 0 Å². The van der Waals surface area contributed by atoms with Crippen molar-refractivity contribution < 1.29 is 13.3 Å². The van der Waals surface area contributed by atoms with E-state index < -0.39 is 8.80 Å². The SMILES string of the molecule is CCCO[Si](CC(Br)Br)(OCCC)OCCC. The molecule has 0 aromatic rings. The van der Waals surface area contributed by atoms with E-state index in [4.69, 9.17) is 13.3 Å². The van der Waals surface area contributed by atoms with Crippen molar-refractivity contribution in [3.8, 4) is 0 Å². The summed E-state index contributed by atoms with van der Waals surface area (Å²) in [5.74, 6) is 0. The molecule has 0 saturated carbocycles. The van der Waals surface area contributed by atoms with Crippen LogP contribution in [0.15, 0.2) is 0 Å². The van der Waals surface area contributed by atoms with E-state index >= 15 is 0 Å². The Morgan fingerprint density at radius 3 is 1.41 bits per heavy atom. The predicted octanol–water partition coefficient (Wildman–Crippen LogP) is 4.32. The smallest absolute Gasteiger partial charge is 0.373 e. The van der Waals surface area contributed by atoms with E-state index in [0.29, 0.717) is 19.8 Å². The Morgan fingerprint density at radius 2 is 1.18 bits per heavy atom. The Labute approximate surface area is 123 Å². The molecule has 0 unspecified atom stereocenters. The van der Waals surface area contributed by atoms with Crippen LogP contribution in [0.3, 0.4) is 0 Å². The molecule has 0 spiro atoms. The van der Waals surface area contributed by atoms with E-state index in [1.165, 1.54) is 0 Å². The first-order valence-corrected chi connectivity index (χ1v) is 10.1. The van der Waals surface area contributed by atoms with Crippen LogP contribution in [0.2, 0.25) is 6.04 Å². The summed E-state index contributed by atoms with van der Waals surface area (Å²) < 4.78 is 18.0. The highest BCUT2D eigenvalue weighted by molar-refractivity contribution is 9.24. The Bertz CT molecular complexity index is 160. The van der Waals surface area contributed by atoms with Gasteiger partial charge in [-0.2, -0.15) is 0 Å². The zero-order valence-corrected chi connectivity index (χ0v) is 15.2. The molecule has 0 heterocycles. The minimum Gasteiger partial charge on any atom is -0.373 e. The van der Waals surface area contributed by atoms with Crippen LogP contribution in [0.25, 0.3) is 0 Å². The van der Waals surface area contributed by atoms with Crippen molar-refractivity contribution in [1.82, 2.24) is 0 Å². The fourth-order valence-electron chi connectivity index (χ4n) is 1.26. The quantitative estimate of drug-likeness (QED) is 0.387. The Balaban J connectivity index is 4.51. The van der Waals surface area contributed by atoms with Crippen LogP contribution in [0.5, 0.6) is 0 Å². The molecule has 0 rings (SSSR count). The summed E-state index contributed by atoms with van der Waals surface area (Å²) in [6.45, 7) is 8.39. The van der Waals surface area contributed by atoms with E-state index in [1.54, 1.807) is 0 Å². The fraction of sp³-hybridized carbons (Fsp3) is 1.00. The van der Waals surface area contributed by atoms with E-state index in [-0.39, 0.29) is 3.74 Å². The molecule has 17 heavy (non-hydrogen) atoms. The topological polar surface area (TPSA) is 27.7 Å². The highest BCUT2D eigenvalue weighted by atomic mass is 79.9. The summed E-state index contributed by atoms with van der Waals surface area (Å²) in [6.07, 6.45) is 2.94. The molecule has 0 aromatic carbocycles. The molecule has 0 atom stereocenters. The highest BCUT2D eigenvalue weighted by Crippen LogP contribution is 2.26. The van der Waals surface area contributed by atoms with Gasteiger partial charge in [0.1, 0.15) is 0 Å². The first-order chi connectivity index (χ1) is 8.10. The molecule has 0 aliphatic carbocycles. The molecule has 0 fully saturated rings. The van der Waals surface area contributed by atoms with Gasteiger partial charge in [-0.3, -0.25) is 0 Å². The van der Waals surface area contributed by atoms with Crippen molar-refractivity contribution >= 4 is 40.7 Å². The Hall–Kier alpha value is 1.06. The van der Waals surface area contributed by atoms with Crippen LogP contribution in [-0.4, -0.2) is 32.4 Å². The average molecular weight is 392 g/mol. The second-order valence-electron chi connectivity index (χ2n) is 3.82. The second-order valence-corrected chi connectivity index (χ2v) is 9.90. The Morgan fingerprint density at radius 1 is 0.824 bits per heavy atom. The van der Waals surface area contributed by atoms with Gasteiger partial charge in [0.05, 0.1) is 3.74 Å². The van der Waals surface area contributed by atoms with Crippen molar-refractivity contribution in [2.24, 2.45) is 0 Å². The first kappa shape index (κ1) is 18.1. The number of alkyl halides is 2. The van der Waals surface area contributed by atoms with Gasteiger partial charge < -0.3 is 13.3 Å². The predicted molar refractivity (Wildman–Crippen MR) is 80.9 cm³/mol. The van der Waals surface area contributed by atoms with Crippen LogP contribution in [0.4, 0.5) is 0 Å². The van der Waals surface area contributed by atoms with Crippen LogP contribution in [-0.2, 0) is 13.3 Å². The van der Waals surface area contributed by atoms with Gasteiger partial charge >= 0.3 is 8.80 Å². The van der Waals surface area contributed by atoms with Crippen molar-refractivity contribution in [1.29, 1.82) is 0 Å². The van der Waals surface area contributed by atoms with Gasteiger partial charge in [-0.05, 0) is 19.3 Å². The van der Waals surface area contributed by atoms with Crippen molar-refractivity contribution in [3.05, 3.63) is 0 Å². The Kier molecular flexibility index (Phi) is 11.6. The number of hydrogen-bond donors (Lipinski definition) is 0. The molecule has 0 aromatic heterocycles. The first-order valence-electron chi connectivity index (χ1n) is 6.30. The molecule has 0 amide bonds. The van der Waals surface area contributed by atoms with Gasteiger partial charge in [0.2, 0.25) is 0 Å². The minimum absolute atomic E-state index is 0.173. The van der Waals surface area contributed by atoms with E-state index in [0.717, 1.165) is 25.3 Å². The summed E-state index contributed by atoms with van der Waals surface area (Å²) >= 11 is 6.99. The van der Waals surface area contributed by atoms with Gasteiger partial charge in [0.15, 0.2) is 0 Å². The van der Waals surface area contributed by atoms with Crippen LogP contribution >= 0.6 is 31.9 Å². The van der Waals surface area contributed by atoms with Crippen LogP contribution < -0.4 is 0 Å². The summed E-state index contributed by atoms with van der Waals surface area (Å²) in [6, 6.07) is 0.757. The lowest BCUT2D eigenvalue weighted by molar-refractivity contribution is 0.0604. The van der Waals surface area contributed by atoms with Gasteiger partial charge in [-0.15, -0.1) is 0 Å². The molecule has 0 bridgehead atoms. The number of halogens is 2. The maximum Gasteiger partial charge on any atom is 0.502 e. The van der Waals surface area contributed by atoms with Gasteiger partial charge in [0, 0.05) is 25.9 Å². The number of hydrogen-bond acceptors (Lipinski definition) is 3. The third-order valence-corrected chi connectivity index (χ3v) is 6.67. The summed E-state index contributed by atoms with van der Waals surface area (Å²) in [4.78, 5) is 0. The third-order valence-electron chi connectivity index (χ3n) is 1.98. The highest BCUT2D eigenvalue weighted by Gasteiger charge is 2.42. The standard InChI is InChI=1S/C11H24Br2O3Si/c1-4-7-14-17(10-11(12)13,15-8-5-2)16-9-6-3/h11H,4-10H2,1-3H3. The van der Waals surface area contributed by atoms with Gasteiger partial charge in [-0.1, -0.05) is 52.6 Å². The van der Waals surface area contributed by atoms with Crippen molar-refractivity contribution in [2.45, 2.75) is 49.8 Å². The van der Waals surface area contributed by atoms with E-state index in [1.807, 2.05) is 0 Å². The molecule has 0 radical (unpaired) electrons. The monoisotopic (exact) mass is 390 g/mol. The lowest BCUT2D eigenvalue weighted by atomic mass is 10.5. The molecular weight excluding hydrogens is 368 g/mol. The molecule has 3 nitrogen and oxygen atoms in total. The molecular formula is C11H24Br2O3Si. The normalized spacial score (nSPS) is 12.4. The molecule has 0 saturated heterocycles. The van der Waals surface area contributed by atoms with Crippen molar-refractivity contribution in [3.63, 3.8) is 0 Å². The van der Waals surface area contributed by atoms with Crippen LogP contribution in [0.1, 0.15) is 40.0 Å². The average Bonchev–Trinajstić information content (AvgIpc) is 2.30.